The van der Waals surface area contributed by atoms with Crippen molar-refractivity contribution in [3.8, 4) is 28.7 Å². The Morgan fingerprint density at radius 3 is 2.41 bits per heavy atom. The summed E-state index contributed by atoms with van der Waals surface area (Å²) < 4.78 is 5.18. The summed E-state index contributed by atoms with van der Waals surface area (Å²) in [5.74, 6) is 0. The van der Waals surface area contributed by atoms with Crippen LogP contribution >= 0.6 is 0 Å². The lowest BCUT2D eigenvalue weighted by molar-refractivity contribution is 0.686. The van der Waals surface area contributed by atoms with Crippen LogP contribution < -0.4 is 5.69 Å². The predicted octanol–water partition coefficient (Wildman–Crippen LogP) is 5.53. The summed E-state index contributed by atoms with van der Waals surface area (Å²) >= 11 is 0. The van der Waals surface area contributed by atoms with E-state index in [1.807, 2.05) is 104 Å². The van der Waals surface area contributed by atoms with Gasteiger partial charge < -0.3 is 0 Å². The van der Waals surface area contributed by atoms with Crippen LogP contribution in [0.2, 0.25) is 0 Å². The number of pyridine rings is 1. The Labute approximate surface area is 213 Å². The molecule has 3 aromatic heterocycles. The van der Waals surface area contributed by atoms with E-state index in [0.717, 1.165) is 50.1 Å². The van der Waals surface area contributed by atoms with Gasteiger partial charge in [0.25, 0.3) is 0 Å². The molecule has 37 heavy (non-hydrogen) atoms. The van der Waals surface area contributed by atoms with Crippen molar-refractivity contribution < 1.29 is 0 Å². The summed E-state index contributed by atoms with van der Waals surface area (Å²) in [6.45, 7) is 3.76. The molecular weight excluding hydrogens is 460 g/mol. The van der Waals surface area contributed by atoms with Gasteiger partial charge in [-0.05, 0) is 61.9 Å². The Kier molecular flexibility index (Phi) is 5.06. The minimum atomic E-state index is -0.614. The van der Waals surface area contributed by atoms with E-state index >= 15 is 0 Å². The van der Waals surface area contributed by atoms with Gasteiger partial charge in [-0.15, -0.1) is 0 Å². The highest BCUT2D eigenvalue weighted by Crippen LogP contribution is 2.30. The molecule has 7 heteroatoms. The maximum absolute atomic E-state index is 13.4. The Bertz CT molecular complexity index is 1880. The lowest BCUT2D eigenvalue weighted by Crippen LogP contribution is -2.21. The quantitative estimate of drug-likeness (QED) is 0.329. The third kappa shape index (κ3) is 3.62. The highest BCUT2D eigenvalue weighted by Gasteiger charge is 2.21. The number of aryl methyl sites for hydroxylation is 1. The number of hydrogen-bond acceptors (Lipinski definition) is 4. The average molecular weight is 485 g/mol. The summed E-state index contributed by atoms with van der Waals surface area (Å²) in [5, 5.41) is 15.1. The Morgan fingerprint density at radius 1 is 0.919 bits per heavy atom. The van der Waals surface area contributed by atoms with Crippen LogP contribution in [0.15, 0.2) is 96.1 Å². The van der Waals surface area contributed by atoms with E-state index in [1.165, 1.54) is 0 Å². The third-order valence-electron chi connectivity index (χ3n) is 6.92. The number of fused-ring (bicyclic) bond motifs is 3. The molecule has 0 aliphatic carbocycles. The second-order valence-corrected chi connectivity index (χ2v) is 9.67. The first-order valence-electron chi connectivity index (χ1n) is 12.0. The van der Waals surface area contributed by atoms with Crippen LogP contribution in [0.5, 0.6) is 0 Å². The second-order valence-electron chi connectivity index (χ2n) is 9.67. The van der Waals surface area contributed by atoms with E-state index in [4.69, 9.17) is 5.10 Å². The summed E-state index contributed by atoms with van der Waals surface area (Å²) in [7, 11) is 1.76. The highest BCUT2D eigenvalue weighted by atomic mass is 16.1. The van der Waals surface area contributed by atoms with Gasteiger partial charge in [-0.3, -0.25) is 14.1 Å². The molecule has 0 amide bonds. The number of imidazole rings is 1. The van der Waals surface area contributed by atoms with Crippen molar-refractivity contribution in [3.63, 3.8) is 0 Å². The average Bonchev–Trinajstić information content (AvgIpc) is 3.53. The van der Waals surface area contributed by atoms with E-state index < -0.39 is 5.41 Å². The van der Waals surface area contributed by atoms with Crippen molar-refractivity contribution in [1.29, 1.82) is 5.26 Å². The van der Waals surface area contributed by atoms with Crippen molar-refractivity contribution >= 4 is 21.9 Å². The van der Waals surface area contributed by atoms with Crippen LogP contribution in [0.3, 0.4) is 0 Å². The molecule has 6 rings (SSSR count). The maximum Gasteiger partial charge on any atom is 0.333 e. The van der Waals surface area contributed by atoms with Crippen LogP contribution in [0.1, 0.15) is 19.4 Å². The summed E-state index contributed by atoms with van der Waals surface area (Å²) in [6.07, 6.45) is 3.68. The normalized spacial score (nSPS) is 11.7. The van der Waals surface area contributed by atoms with E-state index in [2.05, 4.69) is 11.1 Å². The summed E-state index contributed by atoms with van der Waals surface area (Å²) in [4.78, 5) is 18.0. The zero-order chi connectivity index (χ0) is 25.7. The molecule has 0 radical (unpaired) electrons. The van der Waals surface area contributed by atoms with Crippen LogP contribution in [0, 0.1) is 11.3 Å². The first-order valence-corrected chi connectivity index (χ1v) is 12.0. The highest BCUT2D eigenvalue weighted by molar-refractivity contribution is 6.04. The number of nitrogens with zero attached hydrogens (tertiary/aromatic N) is 6. The van der Waals surface area contributed by atoms with Crippen molar-refractivity contribution in [2.45, 2.75) is 19.3 Å². The number of para-hydroxylation sites is 1. The monoisotopic (exact) mass is 484 g/mol. The summed E-state index contributed by atoms with van der Waals surface area (Å²) in [5.41, 5.74) is 5.93. The molecule has 0 saturated heterocycles. The molecule has 0 saturated carbocycles. The Hall–Kier alpha value is -4.96. The molecule has 3 aromatic carbocycles. The molecule has 3 heterocycles. The molecule has 180 valence electrons. The largest absolute Gasteiger partial charge is 0.333 e. The lowest BCUT2D eigenvalue weighted by Gasteiger charge is -2.16. The second kappa shape index (κ2) is 8.32. The molecule has 0 fully saturated rings. The SMILES string of the molecule is Cn1c(=O)n(-c2ccc(C(C)(C)C#N)cc2)c2c3cc(-c4ccn(-c5ccccc5)n4)ccc3ncc21. The molecular formula is C30H24N6O. The Balaban J connectivity index is 1.54. The maximum atomic E-state index is 13.4. The first kappa shape index (κ1) is 22.5. The van der Waals surface area contributed by atoms with E-state index in [1.54, 1.807) is 22.4 Å². The van der Waals surface area contributed by atoms with Gasteiger partial charge >= 0.3 is 5.69 Å². The minimum absolute atomic E-state index is 0.157. The van der Waals surface area contributed by atoms with Crippen LogP contribution in [0.4, 0.5) is 0 Å². The van der Waals surface area contributed by atoms with Crippen molar-refractivity contribution in [3.05, 3.63) is 107 Å². The van der Waals surface area contributed by atoms with Crippen LogP contribution in [0.25, 0.3) is 44.6 Å². The van der Waals surface area contributed by atoms with E-state index in [0.29, 0.717) is 0 Å². The van der Waals surface area contributed by atoms with Gasteiger partial charge in [-0.2, -0.15) is 10.4 Å². The Morgan fingerprint density at radius 2 is 1.68 bits per heavy atom. The fourth-order valence-electron chi connectivity index (χ4n) is 4.69. The molecule has 0 aliphatic heterocycles. The van der Waals surface area contributed by atoms with Gasteiger partial charge in [0, 0.05) is 24.2 Å². The van der Waals surface area contributed by atoms with Gasteiger partial charge in [-0.25, -0.2) is 9.48 Å². The number of aromatic nitrogens is 5. The minimum Gasteiger partial charge on any atom is -0.293 e. The van der Waals surface area contributed by atoms with Gasteiger partial charge in [0.2, 0.25) is 0 Å². The zero-order valence-electron chi connectivity index (χ0n) is 20.8. The van der Waals surface area contributed by atoms with Gasteiger partial charge in [0.15, 0.2) is 0 Å². The van der Waals surface area contributed by atoms with Crippen LogP contribution in [-0.2, 0) is 12.5 Å². The number of nitriles is 1. The van der Waals surface area contributed by atoms with Crippen molar-refractivity contribution in [2.75, 3.05) is 0 Å². The third-order valence-corrected chi connectivity index (χ3v) is 6.92. The molecule has 6 aromatic rings. The number of hydrogen-bond donors (Lipinski definition) is 0. The van der Waals surface area contributed by atoms with Crippen LogP contribution in [-0.4, -0.2) is 23.9 Å². The fourth-order valence-corrected chi connectivity index (χ4v) is 4.69. The topological polar surface area (TPSA) is 81.4 Å². The van der Waals surface area contributed by atoms with E-state index in [9.17, 15) is 10.1 Å². The zero-order valence-corrected chi connectivity index (χ0v) is 20.8. The van der Waals surface area contributed by atoms with Gasteiger partial charge in [-0.1, -0.05) is 36.4 Å². The number of rotatable bonds is 4. The molecule has 0 N–H and O–H groups in total. The molecule has 0 aliphatic rings. The predicted molar refractivity (Wildman–Crippen MR) is 145 cm³/mol. The fraction of sp³-hybridized carbons (Fsp3) is 0.133. The van der Waals surface area contributed by atoms with Gasteiger partial charge in [0.1, 0.15) is 0 Å². The van der Waals surface area contributed by atoms with E-state index in [-0.39, 0.29) is 5.69 Å². The first-order chi connectivity index (χ1) is 17.9. The number of benzene rings is 3. The van der Waals surface area contributed by atoms with Crippen molar-refractivity contribution in [2.24, 2.45) is 7.05 Å². The molecule has 7 nitrogen and oxygen atoms in total. The smallest absolute Gasteiger partial charge is 0.293 e. The van der Waals surface area contributed by atoms with Crippen molar-refractivity contribution in [1.82, 2.24) is 23.9 Å². The lowest BCUT2D eigenvalue weighted by atomic mass is 9.86. The summed E-state index contributed by atoms with van der Waals surface area (Å²) in [6, 6.07) is 27.9. The molecule has 0 spiro atoms. The molecule has 0 atom stereocenters. The molecule has 0 bridgehead atoms. The standard InChI is InChI=1S/C30H24N6O/c1-30(2,19-31)21-10-12-23(13-11-21)36-28-24-17-20(9-14-26(24)32-18-27(28)34(3)29(36)37)25-15-16-35(33-25)22-7-5-4-6-8-22/h4-18H,1-3H3. The molecule has 0 unspecified atom stereocenters. The van der Waals surface area contributed by atoms with Gasteiger partial charge in [0.05, 0.1) is 51.3 Å².